The minimum Gasteiger partial charge on any atom is -0.284 e. The van der Waals surface area contributed by atoms with Crippen LogP contribution < -0.4 is 0 Å². The van der Waals surface area contributed by atoms with E-state index in [0.29, 0.717) is 18.5 Å². The predicted molar refractivity (Wildman–Crippen MR) is 65.0 cm³/mol. The Labute approximate surface area is 102 Å². The lowest BCUT2D eigenvalue weighted by molar-refractivity contribution is 0.169. The Kier molecular flexibility index (Phi) is 3.27. The standard InChI is InChI=1S/C11H19N3O2S/c1-3-11(2)4-6-14(7-5-11)17(15,16)10-8-12-13-9-10/h8-9H,3-7H2,1-2H3,(H,12,13). The van der Waals surface area contributed by atoms with E-state index in [-0.39, 0.29) is 4.90 Å². The maximum Gasteiger partial charge on any atom is 0.246 e. The first-order chi connectivity index (χ1) is 7.98. The number of H-pyrrole nitrogens is 1. The normalized spacial score (nSPS) is 21.5. The van der Waals surface area contributed by atoms with Crippen molar-refractivity contribution in [2.24, 2.45) is 5.41 Å². The average Bonchev–Trinajstić information content (AvgIpc) is 2.84. The van der Waals surface area contributed by atoms with Crippen LogP contribution in [0.5, 0.6) is 0 Å². The Morgan fingerprint density at radius 2 is 2.12 bits per heavy atom. The molecular formula is C11H19N3O2S. The van der Waals surface area contributed by atoms with Crippen molar-refractivity contribution in [3.8, 4) is 0 Å². The molecule has 1 N–H and O–H groups in total. The van der Waals surface area contributed by atoms with E-state index in [2.05, 4.69) is 24.0 Å². The number of aromatic amines is 1. The summed E-state index contributed by atoms with van der Waals surface area (Å²) in [6, 6.07) is 0. The number of sulfonamides is 1. The van der Waals surface area contributed by atoms with Gasteiger partial charge >= 0.3 is 0 Å². The van der Waals surface area contributed by atoms with Gasteiger partial charge in [-0.3, -0.25) is 5.10 Å². The Morgan fingerprint density at radius 3 is 2.59 bits per heavy atom. The van der Waals surface area contributed by atoms with Crippen molar-refractivity contribution in [3.05, 3.63) is 12.4 Å². The van der Waals surface area contributed by atoms with Crippen LogP contribution in [0.4, 0.5) is 0 Å². The van der Waals surface area contributed by atoms with Crippen molar-refractivity contribution in [1.29, 1.82) is 0 Å². The second-order valence-electron chi connectivity index (χ2n) is 5.00. The fourth-order valence-corrected chi connectivity index (χ4v) is 3.50. The highest BCUT2D eigenvalue weighted by atomic mass is 32.2. The summed E-state index contributed by atoms with van der Waals surface area (Å²) in [7, 11) is -3.34. The number of hydrogen-bond donors (Lipinski definition) is 1. The zero-order chi connectivity index (χ0) is 12.5. The summed E-state index contributed by atoms with van der Waals surface area (Å²) in [5, 5.41) is 6.24. The first-order valence-electron chi connectivity index (χ1n) is 5.97. The molecule has 1 aliphatic heterocycles. The van der Waals surface area contributed by atoms with Gasteiger partial charge in [-0.15, -0.1) is 0 Å². The molecule has 1 fully saturated rings. The average molecular weight is 257 g/mol. The lowest BCUT2D eigenvalue weighted by Gasteiger charge is -2.37. The lowest BCUT2D eigenvalue weighted by atomic mass is 9.79. The van der Waals surface area contributed by atoms with E-state index < -0.39 is 10.0 Å². The quantitative estimate of drug-likeness (QED) is 0.894. The third-order valence-corrected chi connectivity index (χ3v) is 5.76. The largest absolute Gasteiger partial charge is 0.284 e. The minimum atomic E-state index is -3.34. The molecule has 0 spiro atoms. The molecular weight excluding hydrogens is 238 g/mol. The summed E-state index contributed by atoms with van der Waals surface area (Å²) in [6.07, 6.45) is 5.76. The highest BCUT2D eigenvalue weighted by Gasteiger charge is 2.34. The van der Waals surface area contributed by atoms with Crippen molar-refractivity contribution in [2.75, 3.05) is 13.1 Å². The third kappa shape index (κ3) is 2.37. The smallest absolute Gasteiger partial charge is 0.246 e. The van der Waals surface area contributed by atoms with Gasteiger partial charge < -0.3 is 0 Å². The molecule has 1 aliphatic rings. The number of nitrogens with zero attached hydrogens (tertiary/aromatic N) is 2. The van der Waals surface area contributed by atoms with Gasteiger partial charge in [0.05, 0.1) is 6.20 Å². The molecule has 6 heteroatoms. The molecule has 0 unspecified atom stereocenters. The van der Waals surface area contributed by atoms with Crippen LogP contribution in [0.25, 0.3) is 0 Å². The van der Waals surface area contributed by atoms with Crippen molar-refractivity contribution in [1.82, 2.24) is 14.5 Å². The molecule has 96 valence electrons. The zero-order valence-electron chi connectivity index (χ0n) is 10.3. The molecule has 17 heavy (non-hydrogen) atoms. The van der Waals surface area contributed by atoms with Gasteiger partial charge in [0.1, 0.15) is 4.90 Å². The fraction of sp³-hybridized carbons (Fsp3) is 0.727. The SMILES string of the molecule is CCC1(C)CCN(S(=O)(=O)c2cn[nH]c2)CC1. The Balaban J connectivity index is 2.12. The van der Waals surface area contributed by atoms with Crippen LogP contribution in [0.1, 0.15) is 33.1 Å². The zero-order valence-corrected chi connectivity index (χ0v) is 11.1. The van der Waals surface area contributed by atoms with Crippen molar-refractivity contribution >= 4 is 10.0 Å². The second-order valence-corrected chi connectivity index (χ2v) is 6.94. The van der Waals surface area contributed by atoms with Crippen molar-refractivity contribution < 1.29 is 8.42 Å². The monoisotopic (exact) mass is 257 g/mol. The molecule has 2 heterocycles. The molecule has 0 aliphatic carbocycles. The van der Waals surface area contributed by atoms with Crippen LogP contribution in [0, 0.1) is 5.41 Å². The van der Waals surface area contributed by atoms with Crippen LogP contribution in [-0.2, 0) is 10.0 Å². The summed E-state index contributed by atoms with van der Waals surface area (Å²) >= 11 is 0. The second kappa shape index (κ2) is 4.42. The van der Waals surface area contributed by atoms with E-state index in [1.54, 1.807) is 4.31 Å². The number of rotatable bonds is 3. The van der Waals surface area contributed by atoms with E-state index in [4.69, 9.17) is 0 Å². The van der Waals surface area contributed by atoms with Crippen molar-refractivity contribution in [2.45, 2.75) is 38.0 Å². The van der Waals surface area contributed by atoms with Gasteiger partial charge in [-0.05, 0) is 18.3 Å². The highest BCUT2D eigenvalue weighted by Crippen LogP contribution is 2.35. The fourth-order valence-electron chi connectivity index (χ4n) is 2.15. The van der Waals surface area contributed by atoms with Gasteiger partial charge in [-0.2, -0.15) is 9.40 Å². The van der Waals surface area contributed by atoms with Crippen LogP contribution >= 0.6 is 0 Å². The topological polar surface area (TPSA) is 66.1 Å². The lowest BCUT2D eigenvalue weighted by Crippen LogP contribution is -2.41. The van der Waals surface area contributed by atoms with Gasteiger partial charge in [-0.25, -0.2) is 8.42 Å². The van der Waals surface area contributed by atoms with E-state index in [1.807, 2.05) is 0 Å². The Bertz CT molecular complexity index is 459. The number of hydrogen-bond acceptors (Lipinski definition) is 3. The van der Waals surface area contributed by atoms with E-state index in [9.17, 15) is 8.42 Å². The number of nitrogens with one attached hydrogen (secondary N) is 1. The molecule has 0 bridgehead atoms. The van der Waals surface area contributed by atoms with Gasteiger partial charge in [-0.1, -0.05) is 20.3 Å². The molecule has 1 saturated heterocycles. The molecule has 1 aromatic rings. The van der Waals surface area contributed by atoms with E-state index >= 15 is 0 Å². The van der Waals surface area contributed by atoms with Gasteiger partial charge in [0, 0.05) is 19.3 Å². The maximum absolute atomic E-state index is 12.2. The molecule has 2 rings (SSSR count). The third-order valence-electron chi connectivity index (χ3n) is 3.89. The van der Waals surface area contributed by atoms with Gasteiger partial charge in [0.25, 0.3) is 0 Å². The molecule has 0 atom stereocenters. The van der Waals surface area contributed by atoms with Crippen LogP contribution in [0.2, 0.25) is 0 Å². The Hall–Kier alpha value is -0.880. The number of aromatic nitrogens is 2. The molecule has 0 aromatic carbocycles. The Morgan fingerprint density at radius 1 is 1.47 bits per heavy atom. The van der Waals surface area contributed by atoms with E-state index in [0.717, 1.165) is 19.3 Å². The van der Waals surface area contributed by atoms with Crippen LogP contribution in [-0.4, -0.2) is 36.0 Å². The summed E-state index contributed by atoms with van der Waals surface area (Å²) in [6.45, 7) is 5.62. The molecule has 1 aromatic heterocycles. The number of piperidine rings is 1. The molecule has 0 saturated carbocycles. The molecule has 0 radical (unpaired) electrons. The van der Waals surface area contributed by atoms with Gasteiger partial charge in [0.15, 0.2) is 0 Å². The minimum absolute atomic E-state index is 0.262. The van der Waals surface area contributed by atoms with Crippen LogP contribution in [0.15, 0.2) is 17.3 Å². The summed E-state index contributed by atoms with van der Waals surface area (Å²) in [5.41, 5.74) is 0.294. The van der Waals surface area contributed by atoms with E-state index in [1.165, 1.54) is 12.4 Å². The maximum atomic E-state index is 12.2. The highest BCUT2D eigenvalue weighted by molar-refractivity contribution is 7.89. The predicted octanol–water partition coefficient (Wildman–Crippen LogP) is 1.61. The first kappa shape index (κ1) is 12.6. The molecule has 0 amide bonds. The summed E-state index contributed by atoms with van der Waals surface area (Å²) < 4.78 is 26.0. The molecule has 5 nitrogen and oxygen atoms in total. The van der Waals surface area contributed by atoms with Crippen molar-refractivity contribution in [3.63, 3.8) is 0 Å². The first-order valence-corrected chi connectivity index (χ1v) is 7.41. The summed E-state index contributed by atoms with van der Waals surface area (Å²) in [4.78, 5) is 0.262. The van der Waals surface area contributed by atoms with Crippen LogP contribution in [0.3, 0.4) is 0 Å². The van der Waals surface area contributed by atoms with Gasteiger partial charge in [0.2, 0.25) is 10.0 Å². The summed E-state index contributed by atoms with van der Waals surface area (Å²) in [5.74, 6) is 0.